The van der Waals surface area contributed by atoms with Crippen molar-refractivity contribution in [2.45, 2.75) is 38.3 Å². The molecule has 0 aliphatic heterocycles. The van der Waals surface area contributed by atoms with Crippen molar-refractivity contribution in [1.82, 2.24) is 0 Å². The van der Waals surface area contributed by atoms with E-state index in [1.54, 1.807) is 7.11 Å². The van der Waals surface area contributed by atoms with Gasteiger partial charge in [-0.2, -0.15) is 0 Å². The van der Waals surface area contributed by atoms with Crippen molar-refractivity contribution in [2.24, 2.45) is 11.7 Å². The van der Waals surface area contributed by atoms with Crippen molar-refractivity contribution in [3.05, 3.63) is 0 Å². The molecular formula is C8H17NO. The van der Waals surface area contributed by atoms with E-state index >= 15 is 0 Å². The van der Waals surface area contributed by atoms with E-state index in [0.717, 1.165) is 12.8 Å². The van der Waals surface area contributed by atoms with Gasteiger partial charge in [0.05, 0.1) is 6.10 Å². The van der Waals surface area contributed by atoms with Gasteiger partial charge < -0.3 is 10.5 Å². The summed E-state index contributed by atoms with van der Waals surface area (Å²) in [5.41, 5.74) is 5.90. The van der Waals surface area contributed by atoms with Gasteiger partial charge in [0.15, 0.2) is 0 Å². The molecule has 1 saturated carbocycles. The Morgan fingerprint density at radius 1 is 1.40 bits per heavy atom. The maximum Gasteiger partial charge on any atom is 0.0578 e. The Bertz CT molecular complexity index is 111. The van der Waals surface area contributed by atoms with Crippen molar-refractivity contribution in [1.29, 1.82) is 0 Å². The van der Waals surface area contributed by atoms with Gasteiger partial charge >= 0.3 is 0 Å². The molecule has 1 aliphatic rings. The molecule has 2 N–H and O–H groups in total. The van der Waals surface area contributed by atoms with Gasteiger partial charge in [0.2, 0.25) is 0 Å². The second-order valence-corrected chi connectivity index (χ2v) is 3.85. The van der Waals surface area contributed by atoms with E-state index in [1.165, 1.54) is 0 Å². The van der Waals surface area contributed by atoms with Gasteiger partial charge in [-0.15, -0.1) is 0 Å². The van der Waals surface area contributed by atoms with Crippen LogP contribution in [-0.4, -0.2) is 18.8 Å². The molecule has 0 aromatic heterocycles. The molecule has 0 radical (unpaired) electrons. The Morgan fingerprint density at radius 3 is 2.20 bits per heavy atom. The lowest BCUT2D eigenvalue weighted by atomic mass is 9.71. The molecule has 0 saturated heterocycles. The van der Waals surface area contributed by atoms with Crippen LogP contribution in [0.5, 0.6) is 0 Å². The third kappa shape index (κ3) is 1.50. The van der Waals surface area contributed by atoms with E-state index in [4.69, 9.17) is 10.5 Å². The minimum absolute atomic E-state index is 0.00493. The maximum absolute atomic E-state index is 5.90. The summed E-state index contributed by atoms with van der Waals surface area (Å²) in [7, 11) is 1.77. The highest BCUT2D eigenvalue weighted by molar-refractivity contribution is 4.92. The average molecular weight is 143 g/mol. The number of rotatable bonds is 2. The summed E-state index contributed by atoms with van der Waals surface area (Å²) < 4.78 is 5.16. The zero-order chi connectivity index (χ0) is 7.78. The Hall–Kier alpha value is -0.0800. The Kier molecular flexibility index (Phi) is 2.02. The maximum atomic E-state index is 5.90. The number of hydrogen-bond donors (Lipinski definition) is 1. The highest BCUT2D eigenvalue weighted by Crippen LogP contribution is 2.36. The largest absolute Gasteiger partial charge is 0.381 e. The van der Waals surface area contributed by atoms with Crippen LogP contribution in [0.4, 0.5) is 0 Å². The molecule has 2 heteroatoms. The SMILES string of the molecule is COC1CC(C(C)(C)N)C1. The first-order chi connectivity index (χ1) is 4.54. The van der Waals surface area contributed by atoms with E-state index in [2.05, 4.69) is 13.8 Å². The summed E-state index contributed by atoms with van der Waals surface area (Å²) in [6.45, 7) is 4.17. The van der Waals surface area contributed by atoms with Crippen molar-refractivity contribution in [2.75, 3.05) is 7.11 Å². The number of hydrogen-bond acceptors (Lipinski definition) is 2. The van der Waals surface area contributed by atoms with Crippen molar-refractivity contribution in [3.63, 3.8) is 0 Å². The molecule has 2 nitrogen and oxygen atoms in total. The zero-order valence-electron chi connectivity index (χ0n) is 7.05. The van der Waals surface area contributed by atoms with Gasteiger partial charge in [0, 0.05) is 12.6 Å². The third-order valence-corrected chi connectivity index (χ3v) is 2.48. The first kappa shape index (κ1) is 8.02. The van der Waals surface area contributed by atoms with Gasteiger partial charge in [0.1, 0.15) is 0 Å². The quantitative estimate of drug-likeness (QED) is 0.629. The van der Waals surface area contributed by atoms with Crippen LogP contribution < -0.4 is 5.73 Å². The highest BCUT2D eigenvalue weighted by atomic mass is 16.5. The van der Waals surface area contributed by atoms with Crippen LogP contribution in [0.15, 0.2) is 0 Å². The van der Waals surface area contributed by atoms with E-state index in [1.807, 2.05) is 0 Å². The summed E-state index contributed by atoms with van der Waals surface area (Å²) >= 11 is 0. The van der Waals surface area contributed by atoms with Gasteiger partial charge in [-0.1, -0.05) is 0 Å². The van der Waals surface area contributed by atoms with Gasteiger partial charge in [-0.05, 0) is 32.6 Å². The van der Waals surface area contributed by atoms with Crippen LogP contribution in [0.3, 0.4) is 0 Å². The van der Waals surface area contributed by atoms with Crippen LogP contribution in [0, 0.1) is 5.92 Å². The third-order valence-electron chi connectivity index (χ3n) is 2.48. The average Bonchev–Trinajstić information content (AvgIpc) is 1.57. The molecule has 0 unspecified atom stereocenters. The second kappa shape index (κ2) is 2.51. The number of methoxy groups -OCH3 is 1. The van der Waals surface area contributed by atoms with Crippen LogP contribution >= 0.6 is 0 Å². The lowest BCUT2D eigenvalue weighted by Gasteiger charge is -2.42. The van der Waals surface area contributed by atoms with Crippen LogP contribution in [0.25, 0.3) is 0 Å². The molecule has 0 spiro atoms. The molecule has 0 amide bonds. The lowest BCUT2D eigenvalue weighted by Crippen LogP contribution is -2.49. The zero-order valence-corrected chi connectivity index (χ0v) is 7.05. The second-order valence-electron chi connectivity index (χ2n) is 3.85. The van der Waals surface area contributed by atoms with Gasteiger partial charge in [-0.25, -0.2) is 0 Å². The Balaban J connectivity index is 2.26. The summed E-state index contributed by atoms with van der Waals surface area (Å²) in [4.78, 5) is 0. The monoisotopic (exact) mass is 143 g/mol. The topological polar surface area (TPSA) is 35.2 Å². The van der Waals surface area contributed by atoms with E-state index in [-0.39, 0.29) is 5.54 Å². The smallest absolute Gasteiger partial charge is 0.0578 e. The molecule has 60 valence electrons. The normalized spacial score (nSPS) is 33.6. The first-order valence-electron chi connectivity index (χ1n) is 3.85. The predicted molar refractivity (Wildman–Crippen MR) is 41.8 cm³/mol. The van der Waals surface area contributed by atoms with E-state index < -0.39 is 0 Å². The standard InChI is InChI=1S/C8H17NO/c1-8(2,9)6-4-7(5-6)10-3/h6-7H,4-5,9H2,1-3H3. The van der Waals surface area contributed by atoms with Gasteiger partial charge in [-0.3, -0.25) is 0 Å². The molecule has 0 aromatic rings. The molecule has 0 bridgehead atoms. The number of ether oxygens (including phenoxy) is 1. The molecule has 0 heterocycles. The van der Waals surface area contributed by atoms with Crippen molar-refractivity contribution < 1.29 is 4.74 Å². The van der Waals surface area contributed by atoms with Gasteiger partial charge in [0.25, 0.3) is 0 Å². The van der Waals surface area contributed by atoms with Crippen LogP contribution in [0.1, 0.15) is 26.7 Å². The lowest BCUT2D eigenvalue weighted by molar-refractivity contribution is -0.0213. The predicted octanol–water partition coefficient (Wildman–Crippen LogP) is 1.15. The van der Waals surface area contributed by atoms with Crippen LogP contribution in [0.2, 0.25) is 0 Å². The fourth-order valence-electron chi connectivity index (χ4n) is 1.37. The Labute approximate surface area is 62.7 Å². The molecule has 1 fully saturated rings. The summed E-state index contributed by atoms with van der Waals surface area (Å²) in [6.07, 6.45) is 2.76. The summed E-state index contributed by atoms with van der Waals surface area (Å²) in [5.74, 6) is 0.664. The molecule has 1 aliphatic carbocycles. The van der Waals surface area contributed by atoms with E-state index in [9.17, 15) is 0 Å². The minimum atomic E-state index is -0.00493. The fourth-order valence-corrected chi connectivity index (χ4v) is 1.37. The molecule has 0 atom stereocenters. The number of nitrogens with two attached hydrogens (primary N) is 1. The first-order valence-corrected chi connectivity index (χ1v) is 3.85. The molecular weight excluding hydrogens is 126 g/mol. The molecule has 1 rings (SSSR count). The summed E-state index contributed by atoms with van der Waals surface area (Å²) in [6, 6.07) is 0. The van der Waals surface area contributed by atoms with Crippen LogP contribution in [-0.2, 0) is 4.74 Å². The van der Waals surface area contributed by atoms with E-state index in [0.29, 0.717) is 12.0 Å². The highest BCUT2D eigenvalue weighted by Gasteiger charge is 2.37. The summed E-state index contributed by atoms with van der Waals surface area (Å²) in [5, 5.41) is 0. The molecule has 10 heavy (non-hydrogen) atoms. The Morgan fingerprint density at radius 2 is 1.90 bits per heavy atom. The fraction of sp³-hybridized carbons (Fsp3) is 1.00. The van der Waals surface area contributed by atoms with Crippen molar-refractivity contribution >= 4 is 0 Å². The minimum Gasteiger partial charge on any atom is -0.381 e. The van der Waals surface area contributed by atoms with Crippen molar-refractivity contribution in [3.8, 4) is 0 Å². The molecule has 0 aromatic carbocycles.